The highest BCUT2D eigenvalue weighted by molar-refractivity contribution is 5.91. The van der Waals surface area contributed by atoms with E-state index in [2.05, 4.69) is 29.2 Å². The Bertz CT molecular complexity index is 510. The minimum atomic E-state index is -0.00944. The molecule has 0 heterocycles. The number of anilines is 2. The van der Waals surface area contributed by atoms with Crippen LogP contribution in [0.2, 0.25) is 0 Å². The number of Topliss-reactive ketones (excluding diaryl/α,β-unsaturated/α-hetero) is 1. The molecule has 2 heteroatoms. The van der Waals surface area contributed by atoms with E-state index in [0.717, 1.165) is 24.2 Å². The van der Waals surface area contributed by atoms with Crippen LogP contribution in [0.25, 0.3) is 0 Å². The molecule has 1 aliphatic rings. The van der Waals surface area contributed by atoms with E-state index in [1.54, 1.807) is 0 Å². The summed E-state index contributed by atoms with van der Waals surface area (Å²) in [6.45, 7) is 0. The van der Waals surface area contributed by atoms with Gasteiger partial charge in [-0.15, -0.1) is 0 Å². The highest BCUT2D eigenvalue weighted by Gasteiger charge is 2.31. The predicted octanol–water partition coefficient (Wildman–Crippen LogP) is 3.95. The van der Waals surface area contributed by atoms with Crippen molar-refractivity contribution in [3.8, 4) is 0 Å². The summed E-state index contributed by atoms with van der Waals surface area (Å²) in [7, 11) is 0. The Kier molecular flexibility index (Phi) is 3.32. The van der Waals surface area contributed by atoms with Gasteiger partial charge in [0.15, 0.2) is 5.78 Å². The Labute approximate surface area is 113 Å². The number of nitrogens with zero attached hydrogens (tertiary/aromatic N) is 1. The van der Waals surface area contributed by atoms with Crippen LogP contribution in [0.1, 0.15) is 19.3 Å². The van der Waals surface area contributed by atoms with Gasteiger partial charge in [-0.3, -0.25) is 4.79 Å². The summed E-state index contributed by atoms with van der Waals surface area (Å²) >= 11 is 0. The van der Waals surface area contributed by atoms with E-state index >= 15 is 0 Å². The van der Waals surface area contributed by atoms with Crippen LogP contribution in [0.4, 0.5) is 11.4 Å². The van der Waals surface area contributed by atoms with Crippen LogP contribution < -0.4 is 4.90 Å². The predicted molar refractivity (Wildman–Crippen MR) is 77.7 cm³/mol. The summed E-state index contributed by atoms with van der Waals surface area (Å²) in [5.74, 6) is 0.354. The number of carbonyl (C=O) groups excluding carboxylic acids is 1. The molecule has 1 fully saturated rings. The molecule has 1 atom stereocenters. The van der Waals surface area contributed by atoms with Crippen molar-refractivity contribution in [2.75, 3.05) is 4.90 Å². The molecule has 3 rings (SSSR count). The van der Waals surface area contributed by atoms with E-state index in [4.69, 9.17) is 0 Å². The smallest absolute Gasteiger partial charge is 0.155 e. The summed E-state index contributed by atoms with van der Waals surface area (Å²) in [6, 6.07) is 20.3. The van der Waals surface area contributed by atoms with Crippen LogP contribution in [0, 0.1) is 0 Å². The molecule has 0 aliphatic heterocycles. The van der Waals surface area contributed by atoms with Gasteiger partial charge in [0, 0.05) is 17.8 Å². The number of ketones is 1. The Balaban J connectivity index is 2.03. The molecule has 0 spiro atoms. The second kappa shape index (κ2) is 5.27. The van der Waals surface area contributed by atoms with Crippen molar-refractivity contribution >= 4 is 17.2 Å². The van der Waals surface area contributed by atoms with E-state index in [1.165, 1.54) is 0 Å². The Morgan fingerprint density at radius 3 is 1.79 bits per heavy atom. The molecule has 2 aromatic rings. The number of benzene rings is 2. The third-order valence-corrected chi connectivity index (χ3v) is 3.65. The molecule has 96 valence electrons. The fourth-order valence-electron chi connectivity index (χ4n) is 2.76. The van der Waals surface area contributed by atoms with Crippen LogP contribution in [0.3, 0.4) is 0 Å². The van der Waals surface area contributed by atoms with Crippen LogP contribution >= 0.6 is 0 Å². The molecule has 0 saturated heterocycles. The monoisotopic (exact) mass is 251 g/mol. The molecular weight excluding hydrogens is 234 g/mol. The first-order chi connectivity index (χ1) is 9.36. The maximum Gasteiger partial charge on any atom is 0.155 e. The standard InChI is InChI=1S/C17H17NO/c19-17-13-7-12-16(17)18(14-8-3-1-4-9-14)15-10-5-2-6-11-15/h1-6,8-11,16H,7,12-13H2. The highest BCUT2D eigenvalue weighted by Crippen LogP contribution is 2.32. The van der Waals surface area contributed by atoms with Crippen molar-refractivity contribution in [3.63, 3.8) is 0 Å². The van der Waals surface area contributed by atoms with Gasteiger partial charge in [-0.1, -0.05) is 36.4 Å². The summed E-state index contributed by atoms with van der Waals surface area (Å²) in [5.41, 5.74) is 2.18. The highest BCUT2D eigenvalue weighted by atomic mass is 16.1. The SMILES string of the molecule is O=C1CCCC1N(c1ccccc1)c1ccccc1. The van der Waals surface area contributed by atoms with Crippen molar-refractivity contribution in [3.05, 3.63) is 60.7 Å². The lowest BCUT2D eigenvalue weighted by Crippen LogP contribution is -2.34. The molecule has 19 heavy (non-hydrogen) atoms. The molecular formula is C17H17NO. The average Bonchev–Trinajstić information content (AvgIpc) is 2.88. The molecule has 1 aliphatic carbocycles. The largest absolute Gasteiger partial charge is 0.331 e. The van der Waals surface area contributed by atoms with Gasteiger partial charge in [-0.2, -0.15) is 0 Å². The first kappa shape index (κ1) is 12.0. The van der Waals surface area contributed by atoms with Crippen molar-refractivity contribution in [2.45, 2.75) is 25.3 Å². The maximum atomic E-state index is 12.1. The minimum absolute atomic E-state index is 0.00944. The second-order valence-corrected chi connectivity index (χ2v) is 4.92. The third kappa shape index (κ3) is 2.39. The minimum Gasteiger partial charge on any atom is -0.331 e. The van der Waals surface area contributed by atoms with Gasteiger partial charge < -0.3 is 4.90 Å². The van der Waals surface area contributed by atoms with Gasteiger partial charge in [-0.25, -0.2) is 0 Å². The molecule has 1 saturated carbocycles. The zero-order chi connectivity index (χ0) is 13.1. The first-order valence-electron chi connectivity index (χ1n) is 6.78. The topological polar surface area (TPSA) is 20.3 Å². The molecule has 0 aromatic heterocycles. The molecule has 0 bridgehead atoms. The second-order valence-electron chi connectivity index (χ2n) is 4.92. The Morgan fingerprint density at radius 1 is 0.842 bits per heavy atom. The number of hydrogen-bond acceptors (Lipinski definition) is 2. The van der Waals surface area contributed by atoms with Gasteiger partial charge in [0.05, 0.1) is 6.04 Å². The summed E-state index contributed by atoms with van der Waals surface area (Å²) in [5, 5.41) is 0. The zero-order valence-corrected chi connectivity index (χ0v) is 10.8. The van der Waals surface area contributed by atoms with Gasteiger partial charge >= 0.3 is 0 Å². The molecule has 0 N–H and O–H groups in total. The lowest BCUT2D eigenvalue weighted by atomic mass is 10.1. The first-order valence-corrected chi connectivity index (χ1v) is 6.78. The zero-order valence-electron chi connectivity index (χ0n) is 10.8. The molecule has 2 aromatic carbocycles. The fourth-order valence-corrected chi connectivity index (χ4v) is 2.76. The van der Waals surface area contributed by atoms with Gasteiger partial charge in [-0.05, 0) is 37.1 Å². The summed E-state index contributed by atoms with van der Waals surface area (Å²) < 4.78 is 0. The molecule has 0 radical (unpaired) electrons. The van der Waals surface area contributed by atoms with Crippen LogP contribution in [0.15, 0.2) is 60.7 Å². The van der Waals surface area contributed by atoms with Crippen molar-refractivity contribution in [1.29, 1.82) is 0 Å². The van der Waals surface area contributed by atoms with Gasteiger partial charge in [0.1, 0.15) is 0 Å². The van der Waals surface area contributed by atoms with Crippen molar-refractivity contribution in [1.82, 2.24) is 0 Å². The quantitative estimate of drug-likeness (QED) is 0.823. The van der Waals surface area contributed by atoms with Crippen LogP contribution in [-0.4, -0.2) is 11.8 Å². The van der Waals surface area contributed by atoms with Gasteiger partial charge in [0.2, 0.25) is 0 Å². The number of para-hydroxylation sites is 2. The lowest BCUT2D eigenvalue weighted by Gasteiger charge is -2.30. The summed E-state index contributed by atoms with van der Waals surface area (Å²) in [6.07, 6.45) is 2.66. The fraction of sp³-hybridized carbons (Fsp3) is 0.235. The van der Waals surface area contributed by atoms with Crippen molar-refractivity contribution in [2.24, 2.45) is 0 Å². The average molecular weight is 251 g/mol. The van der Waals surface area contributed by atoms with E-state index < -0.39 is 0 Å². The lowest BCUT2D eigenvalue weighted by molar-refractivity contribution is -0.118. The van der Waals surface area contributed by atoms with Crippen LogP contribution in [0.5, 0.6) is 0 Å². The van der Waals surface area contributed by atoms with Gasteiger partial charge in [0.25, 0.3) is 0 Å². The van der Waals surface area contributed by atoms with Crippen molar-refractivity contribution < 1.29 is 4.79 Å². The number of hydrogen-bond donors (Lipinski definition) is 0. The van der Waals surface area contributed by atoms with E-state index in [9.17, 15) is 4.79 Å². The van der Waals surface area contributed by atoms with E-state index in [1.807, 2.05) is 36.4 Å². The normalized spacial score (nSPS) is 18.5. The van der Waals surface area contributed by atoms with E-state index in [0.29, 0.717) is 12.2 Å². The van der Waals surface area contributed by atoms with E-state index in [-0.39, 0.29) is 6.04 Å². The van der Waals surface area contributed by atoms with Crippen LogP contribution in [-0.2, 0) is 4.79 Å². The Morgan fingerprint density at radius 2 is 1.37 bits per heavy atom. The summed E-state index contributed by atoms with van der Waals surface area (Å²) in [4.78, 5) is 14.3. The third-order valence-electron chi connectivity index (χ3n) is 3.65. The molecule has 1 unspecified atom stereocenters. The molecule has 0 amide bonds. The molecule has 2 nitrogen and oxygen atoms in total. The maximum absolute atomic E-state index is 12.1. The number of carbonyl (C=O) groups is 1. The number of rotatable bonds is 3. The Hall–Kier alpha value is -2.09.